The second kappa shape index (κ2) is 67.8. The van der Waals surface area contributed by atoms with E-state index in [1.54, 1.807) is 0 Å². The molecule has 85 heavy (non-hydrogen) atoms. The zero-order valence-electron chi connectivity index (χ0n) is 57.9. The van der Waals surface area contributed by atoms with Gasteiger partial charge in [0.05, 0.1) is 39.1 Å². The lowest BCUT2D eigenvalue weighted by atomic mass is 10.0. The van der Waals surface area contributed by atoms with Crippen LogP contribution in [0.5, 0.6) is 0 Å². The minimum absolute atomic E-state index is 0.126. The van der Waals surface area contributed by atoms with Gasteiger partial charge in [-0.1, -0.05) is 291 Å². The third kappa shape index (κ3) is 64.7. The number of rotatable bonds is 71. The highest BCUT2D eigenvalue weighted by molar-refractivity contribution is 5.78. The molecule has 0 atom stereocenters. The minimum Gasteiger partial charge on any atom is -0.466 e. The van der Waals surface area contributed by atoms with Crippen LogP contribution in [0.15, 0.2) is 0 Å². The normalized spacial score (nSPS) is 11.7. The van der Waals surface area contributed by atoms with Crippen LogP contribution in [0.4, 0.5) is 0 Å². The molecule has 0 aliphatic carbocycles. The molecule has 0 aromatic heterocycles. The molecular formula is C74H146N4O7. The monoisotopic (exact) mass is 1200 g/mol. The number of carbonyl (C=O) groups excluding carboxylic acids is 4. The van der Waals surface area contributed by atoms with E-state index in [0.29, 0.717) is 83.9 Å². The van der Waals surface area contributed by atoms with Crippen molar-refractivity contribution in [2.45, 2.75) is 355 Å². The number of nitrogens with zero attached hydrogens (tertiary/aromatic N) is 4. The fourth-order valence-corrected chi connectivity index (χ4v) is 11.5. The Hall–Kier alpha value is -2.08. The van der Waals surface area contributed by atoms with E-state index in [1.807, 2.05) is 0 Å². The molecule has 0 aliphatic rings. The molecule has 0 rings (SSSR count). The number of esters is 3. The third-order valence-electron chi connectivity index (χ3n) is 17.6. The van der Waals surface area contributed by atoms with Crippen molar-refractivity contribution in [1.82, 2.24) is 19.6 Å². The lowest BCUT2D eigenvalue weighted by molar-refractivity contribution is -0.145. The predicted molar refractivity (Wildman–Crippen MR) is 364 cm³/mol. The van der Waals surface area contributed by atoms with E-state index in [2.05, 4.69) is 61.4 Å². The average Bonchev–Trinajstić information content (AvgIpc) is 3.53. The van der Waals surface area contributed by atoms with Gasteiger partial charge < -0.3 is 33.8 Å². The first kappa shape index (κ1) is 82.9. The standard InChI is InChI=1S/C74H146N4O7/c1-7-11-15-19-23-27-31-32-36-40-44-48-53-71(79)54-60-77(61-55-72(80)83-68-49-45-41-37-33-28-24-20-16-12-8-2)66-64-75(5)58-52-59-76(6)65-67-78(62-56-73(81)84-69-50-46-42-38-34-29-25-21-17-13-9-3)63-57-74(82)85-70-51-47-43-39-35-30-26-22-18-14-10-4/h7-70H2,1-6H3. The summed E-state index contributed by atoms with van der Waals surface area (Å²) in [6, 6.07) is 0. The van der Waals surface area contributed by atoms with Crippen LogP contribution in [0, 0.1) is 0 Å². The number of unbranched alkanes of at least 4 members (excludes halogenated alkanes) is 41. The van der Waals surface area contributed by atoms with Gasteiger partial charge in [-0.05, 0) is 59.3 Å². The summed E-state index contributed by atoms with van der Waals surface area (Å²) in [5, 5.41) is 0. The highest BCUT2D eigenvalue weighted by atomic mass is 16.5. The Morgan fingerprint density at radius 2 is 0.447 bits per heavy atom. The summed E-state index contributed by atoms with van der Waals surface area (Å²) >= 11 is 0. The van der Waals surface area contributed by atoms with Crippen molar-refractivity contribution >= 4 is 23.7 Å². The molecule has 11 heteroatoms. The Morgan fingerprint density at radius 1 is 0.224 bits per heavy atom. The third-order valence-corrected chi connectivity index (χ3v) is 17.6. The van der Waals surface area contributed by atoms with E-state index in [1.165, 1.54) is 238 Å². The fraction of sp³-hybridized carbons (Fsp3) is 0.946. The molecule has 0 bridgehead atoms. The van der Waals surface area contributed by atoms with Gasteiger partial charge in [0.25, 0.3) is 0 Å². The van der Waals surface area contributed by atoms with Crippen LogP contribution in [-0.4, -0.2) is 143 Å². The van der Waals surface area contributed by atoms with Gasteiger partial charge in [0.1, 0.15) is 5.78 Å². The Labute approximate surface area is 528 Å². The van der Waals surface area contributed by atoms with Gasteiger partial charge in [0, 0.05) is 65.2 Å². The lowest BCUT2D eigenvalue weighted by Gasteiger charge is -2.27. The molecule has 0 aromatic rings. The number of carbonyl (C=O) groups is 4. The number of likely N-dealkylation sites (N-methyl/N-ethyl adjacent to an activating group) is 2. The molecule has 0 N–H and O–H groups in total. The van der Waals surface area contributed by atoms with Gasteiger partial charge in [0.2, 0.25) is 0 Å². The van der Waals surface area contributed by atoms with E-state index in [4.69, 9.17) is 14.2 Å². The molecule has 0 aromatic carbocycles. The molecular weight excluding hydrogens is 1060 g/mol. The number of hydrogen-bond acceptors (Lipinski definition) is 11. The van der Waals surface area contributed by atoms with Crippen molar-refractivity contribution < 1.29 is 33.4 Å². The number of ketones is 1. The summed E-state index contributed by atoms with van der Waals surface area (Å²) in [6.45, 7) is 18.1. The predicted octanol–water partition coefficient (Wildman–Crippen LogP) is 19.6. The maximum atomic E-state index is 13.1. The van der Waals surface area contributed by atoms with Crippen molar-refractivity contribution in [2.24, 2.45) is 0 Å². The van der Waals surface area contributed by atoms with Crippen molar-refractivity contribution in [1.29, 1.82) is 0 Å². The van der Waals surface area contributed by atoms with Crippen molar-refractivity contribution in [2.75, 3.05) is 99.4 Å². The summed E-state index contributed by atoms with van der Waals surface area (Å²) in [5.41, 5.74) is 0. The molecule has 0 radical (unpaired) electrons. The highest BCUT2D eigenvalue weighted by Crippen LogP contribution is 2.17. The molecule has 0 saturated heterocycles. The first-order valence-electron chi connectivity index (χ1n) is 37.4. The van der Waals surface area contributed by atoms with Crippen LogP contribution in [0.3, 0.4) is 0 Å². The van der Waals surface area contributed by atoms with Gasteiger partial charge >= 0.3 is 17.9 Å². The number of hydrogen-bond donors (Lipinski definition) is 0. The van der Waals surface area contributed by atoms with E-state index < -0.39 is 0 Å². The summed E-state index contributed by atoms with van der Waals surface area (Å²) in [6.07, 6.45) is 60.5. The summed E-state index contributed by atoms with van der Waals surface area (Å²) in [7, 11) is 4.33. The summed E-state index contributed by atoms with van der Waals surface area (Å²) in [4.78, 5) is 61.2. The minimum atomic E-state index is -0.151. The molecule has 0 spiro atoms. The second-order valence-corrected chi connectivity index (χ2v) is 26.1. The molecule has 0 aliphatic heterocycles. The van der Waals surface area contributed by atoms with E-state index in [0.717, 1.165) is 97.1 Å². The molecule has 0 heterocycles. The van der Waals surface area contributed by atoms with E-state index in [9.17, 15) is 19.2 Å². The van der Waals surface area contributed by atoms with Gasteiger partial charge in [-0.2, -0.15) is 0 Å². The number of Topliss-reactive ketones (excluding diaryl/α,β-unsaturated/α-hetero) is 1. The van der Waals surface area contributed by atoms with Crippen LogP contribution in [0.1, 0.15) is 355 Å². The summed E-state index contributed by atoms with van der Waals surface area (Å²) in [5.74, 6) is -0.0838. The highest BCUT2D eigenvalue weighted by Gasteiger charge is 2.16. The SMILES string of the molecule is CCCCCCCCCCCCCCC(=O)CCN(CCC(=O)OCCCCCCCCCCCCC)CCN(C)CCCN(C)CCN(CCC(=O)OCCCCCCCCCCCCC)CCC(=O)OCCCCCCCCCCCCC. The zero-order valence-corrected chi connectivity index (χ0v) is 57.9. The topological polar surface area (TPSA) is 109 Å². The fourth-order valence-electron chi connectivity index (χ4n) is 11.5. The maximum absolute atomic E-state index is 13.1. The van der Waals surface area contributed by atoms with E-state index in [-0.39, 0.29) is 17.9 Å². The first-order chi connectivity index (χ1) is 41.6. The molecule has 0 fully saturated rings. The largest absolute Gasteiger partial charge is 0.466 e. The second-order valence-electron chi connectivity index (χ2n) is 26.1. The average molecular weight is 1200 g/mol. The Balaban J connectivity index is 5.05. The molecule has 0 unspecified atom stereocenters. The van der Waals surface area contributed by atoms with Crippen LogP contribution >= 0.6 is 0 Å². The molecule has 11 nitrogen and oxygen atoms in total. The molecule has 0 saturated carbocycles. The van der Waals surface area contributed by atoms with Crippen LogP contribution in [0.25, 0.3) is 0 Å². The Morgan fingerprint density at radius 3 is 0.706 bits per heavy atom. The first-order valence-corrected chi connectivity index (χ1v) is 37.4. The zero-order chi connectivity index (χ0) is 62.0. The van der Waals surface area contributed by atoms with Gasteiger partial charge in [0.15, 0.2) is 0 Å². The quantitative estimate of drug-likeness (QED) is 0.0330. The van der Waals surface area contributed by atoms with Crippen molar-refractivity contribution in [3.63, 3.8) is 0 Å². The van der Waals surface area contributed by atoms with Crippen LogP contribution in [0.2, 0.25) is 0 Å². The molecule has 504 valence electrons. The van der Waals surface area contributed by atoms with Crippen molar-refractivity contribution in [3.05, 3.63) is 0 Å². The van der Waals surface area contributed by atoms with Crippen LogP contribution < -0.4 is 0 Å². The summed E-state index contributed by atoms with van der Waals surface area (Å²) < 4.78 is 17.1. The van der Waals surface area contributed by atoms with Gasteiger partial charge in [-0.15, -0.1) is 0 Å². The number of ether oxygens (including phenoxy) is 3. The Bertz CT molecular complexity index is 1230. The van der Waals surface area contributed by atoms with E-state index >= 15 is 0 Å². The Kier molecular flexibility index (Phi) is 66.2. The maximum Gasteiger partial charge on any atom is 0.307 e. The smallest absolute Gasteiger partial charge is 0.307 e. The van der Waals surface area contributed by atoms with Crippen molar-refractivity contribution in [3.8, 4) is 0 Å². The van der Waals surface area contributed by atoms with Gasteiger partial charge in [-0.3, -0.25) is 19.2 Å². The lowest BCUT2D eigenvalue weighted by Crippen LogP contribution is -2.38. The molecule has 0 amide bonds. The van der Waals surface area contributed by atoms with Crippen LogP contribution in [-0.2, 0) is 33.4 Å². The van der Waals surface area contributed by atoms with Gasteiger partial charge in [-0.25, -0.2) is 0 Å².